The number of rotatable bonds is 2. The van der Waals surface area contributed by atoms with E-state index in [1.807, 2.05) is 26.8 Å². The van der Waals surface area contributed by atoms with Gasteiger partial charge >= 0.3 is 0 Å². The van der Waals surface area contributed by atoms with Crippen LogP contribution in [0.2, 0.25) is 0 Å². The van der Waals surface area contributed by atoms with E-state index in [4.69, 9.17) is 9.15 Å². The predicted octanol–water partition coefficient (Wildman–Crippen LogP) is 4.33. The summed E-state index contributed by atoms with van der Waals surface area (Å²) in [6.07, 6.45) is -0.539. The highest BCUT2D eigenvalue weighted by Crippen LogP contribution is 2.33. The average Bonchev–Trinajstić information content (AvgIpc) is 2.93. The van der Waals surface area contributed by atoms with Gasteiger partial charge in [-0.05, 0) is 63.1 Å². The third-order valence-electron chi connectivity index (χ3n) is 4.75. The molecule has 1 aliphatic heterocycles. The van der Waals surface area contributed by atoms with Crippen molar-refractivity contribution in [1.82, 2.24) is 0 Å². The Morgan fingerprint density at radius 3 is 2.70 bits per heavy atom. The van der Waals surface area contributed by atoms with Crippen LogP contribution >= 0.6 is 0 Å². The second-order valence-electron chi connectivity index (χ2n) is 6.93. The maximum atomic E-state index is 12.8. The van der Waals surface area contributed by atoms with Gasteiger partial charge in [-0.3, -0.25) is 9.59 Å². The van der Waals surface area contributed by atoms with E-state index in [1.54, 1.807) is 25.1 Å². The lowest BCUT2D eigenvalue weighted by Crippen LogP contribution is -2.34. The van der Waals surface area contributed by atoms with E-state index in [-0.39, 0.29) is 17.6 Å². The molecule has 4 rings (SSSR count). The first-order chi connectivity index (χ1) is 12.8. The van der Waals surface area contributed by atoms with Crippen LogP contribution < -0.4 is 15.4 Å². The number of anilines is 2. The summed E-state index contributed by atoms with van der Waals surface area (Å²) in [6.45, 7) is 7.56. The first-order valence-corrected chi connectivity index (χ1v) is 8.77. The van der Waals surface area contributed by atoms with Crippen LogP contribution in [0.5, 0.6) is 5.75 Å². The summed E-state index contributed by atoms with van der Waals surface area (Å²) in [4.78, 5) is 24.5. The minimum absolute atomic E-state index is 0.218. The number of hydrogen-bond donors (Lipinski definition) is 2. The zero-order chi connectivity index (χ0) is 19.3. The topological polar surface area (TPSA) is 80.6 Å². The zero-order valence-corrected chi connectivity index (χ0v) is 15.6. The Labute approximate surface area is 156 Å². The van der Waals surface area contributed by atoms with Gasteiger partial charge in [0.1, 0.15) is 11.3 Å². The van der Waals surface area contributed by atoms with E-state index in [1.165, 1.54) is 0 Å². The smallest absolute Gasteiger partial charge is 0.291 e. The molecule has 1 atom stereocenters. The SMILES string of the molecule is Cc1cc(C)c2c(C)c(C(=O)Nc3ccc4c(c3)NC(=O)[C@H](C)O4)oc2c1. The van der Waals surface area contributed by atoms with Gasteiger partial charge in [-0.1, -0.05) is 6.07 Å². The van der Waals surface area contributed by atoms with Gasteiger partial charge in [0.25, 0.3) is 11.8 Å². The van der Waals surface area contributed by atoms with Gasteiger partial charge in [0.2, 0.25) is 0 Å². The minimum atomic E-state index is -0.539. The molecule has 2 heterocycles. The van der Waals surface area contributed by atoms with E-state index in [0.717, 1.165) is 22.1 Å². The average molecular weight is 364 g/mol. The van der Waals surface area contributed by atoms with Crippen LogP contribution in [0.15, 0.2) is 34.7 Å². The second-order valence-corrected chi connectivity index (χ2v) is 6.93. The highest BCUT2D eigenvalue weighted by Gasteiger charge is 2.24. The van der Waals surface area contributed by atoms with Crippen molar-refractivity contribution in [3.8, 4) is 5.75 Å². The van der Waals surface area contributed by atoms with Crippen LogP contribution in [-0.4, -0.2) is 17.9 Å². The highest BCUT2D eigenvalue weighted by atomic mass is 16.5. The van der Waals surface area contributed by atoms with E-state index in [2.05, 4.69) is 16.7 Å². The van der Waals surface area contributed by atoms with Gasteiger partial charge in [-0.2, -0.15) is 0 Å². The molecular formula is C21H20N2O4. The predicted molar refractivity (Wildman–Crippen MR) is 104 cm³/mol. The number of furan rings is 1. The first-order valence-electron chi connectivity index (χ1n) is 8.77. The Morgan fingerprint density at radius 2 is 1.93 bits per heavy atom. The zero-order valence-electron chi connectivity index (χ0n) is 15.6. The molecule has 0 aliphatic carbocycles. The van der Waals surface area contributed by atoms with Crippen molar-refractivity contribution in [1.29, 1.82) is 0 Å². The number of fused-ring (bicyclic) bond motifs is 2. The maximum Gasteiger partial charge on any atom is 0.291 e. The molecule has 3 aromatic rings. The van der Waals surface area contributed by atoms with Crippen LogP contribution in [0, 0.1) is 20.8 Å². The van der Waals surface area contributed by atoms with Gasteiger partial charge in [0, 0.05) is 16.6 Å². The summed E-state index contributed by atoms with van der Waals surface area (Å²) in [5.74, 6) is 0.304. The number of carbonyl (C=O) groups excluding carboxylic acids is 2. The molecule has 0 radical (unpaired) electrons. The number of aryl methyl sites for hydroxylation is 3. The molecule has 0 saturated heterocycles. The summed E-state index contributed by atoms with van der Waals surface area (Å²) >= 11 is 0. The van der Waals surface area contributed by atoms with Gasteiger partial charge in [0.05, 0.1) is 5.69 Å². The molecule has 0 fully saturated rings. The van der Waals surface area contributed by atoms with E-state index in [9.17, 15) is 9.59 Å². The Kier molecular flexibility index (Phi) is 3.91. The van der Waals surface area contributed by atoms with Gasteiger partial charge in [-0.15, -0.1) is 0 Å². The molecule has 6 heteroatoms. The maximum absolute atomic E-state index is 12.8. The van der Waals surface area contributed by atoms with Crippen LogP contribution in [0.1, 0.15) is 34.2 Å². The van der Waals surface area contributed by atoms with E-state index < -0.39 is 6.10 Å². The summed E-state index contributed by atoms with van der Waals surface area (Å²) < 4.78 is 11.4. The van der Waals surface area contributed by atoms with Crippen molar-refractivity contribution in [3.05, 3.63) is 52.8 Å². The minimum Gasteiger partial charge on any atom is -0.479 e. The highest BCUT2D eigenvalue weighted by molar-refractivity contribution is 6.07. The number of benzene rings is 2. The lowest BCUT2D eigenvalue weighted by atomic mass is 10.0. The third kappa shape index (κ3) is 2.93. The Bertz CT molecular complexity index is 1100. The fourth-order valence-corrected chi connectivity index (χ4v) is 3.48. The molecule has 0 saturated carbocycles. The molecule has 2 amide bonds. The van der Waals surface area contributed by atoms with Crippen molar-refractivity contribution in [2.24, 2.45) is 0 Å². The van der Waals surface area contributed by atoms with E-state index >= 15 is 0 Å². The third-order valence-corrected chi connectivity index (χ3v) is 4.75. The van der Waals surface area contributed by atoms with Crippen LogP contribution in [-0.2, 0) is 4.79 Å². The molecule has 0 bridgehead atoms. The van der Waals surface area contributed by atoms with E-state index in [0.29, 0.717) is 22.7 Å². The Balaban J connectivity index is 1.64. The summed E-state index contributed by atoms with van der Waals surface area (Å²) in [7, 11) is 0. The van der Waals surface area contributed by atoms with Crippen molar-refractivity contribution in [3.63, 3.8) is 0 Å². The second kappa shape index (κ2) is 6.16. The van der Waals surface area contributed by atoms with Crippen molar-refractivity contribution in [2.75, 3.05) is 10.6 Å². The number of carbonyl (C=O) groups is 2. The Hall–Kier alpha value is -3.28. The summed E-state index contributed by atoms with van der Waals surface area (Å²) in [5, 5.41) is 6.57. The molecule has 1 aliphatic rings. The fourth-order valence-electron chi connectivity index (χ4n) is 3.48. The van der Waals surface area contributed by atoms with Crippen LogP contribution in [0.4, 0.5) is 11.4 Å². The van der Waals surface area contributed by atoms with Gasteiger partial charge in [-0.25, -0.2) is 0 Å². The molecule has 2 aromatic carbocycles. The summed E-state index contributed by atoms with van der Waals surface area (Å²) in [5.41, 5.74) is 4.75. The monoisotopic (exact) mass is 364 g/mol. The number of amides is 2. The number of ether oxygens (including phenoxy) is 1. The van der Waals surface area contributed by atoms with Crippen LogP contribution in [0.3, 0.4) is 0 Å². The molecule has 1 aromatic heterocycles. The number of hydrogen-bond acceptors (Lipinski definition) is 4. The quantitative estimate of drug-likeness (QED) is 0.709. The number of nitrogens with one attached hydrogen (secondary N) is 2. The van der Waals surface area contributed by atoms with Gasteiger partial charge in [0.15, 0.2) is 11.9 Å². The normalized spacial score (nSPS) is 15.9. The molecule has 27 heavy (non-hydrogen) atoms. The van der Waals surface area contributed by atoms with Crippen molar-refractivity contribution >= 4 is 34.2 Å². The van der Waals surface area contributed by atoms with Crippen molar-refractivity contribution in [2.45, 2.75) is 33.8 Å². The molecule has 138 valence electrons. The van der Waals surface area contributed by atoms with Crippen LogP contribution in [0.25, 0.3) is 11.0 Å². The van der Waals surface area contributed by atoms with Crippen molar-refractivity contribution < 1.29 is 18.7 Å². The summed E-state index contributed by atoms with van der Waals surface area (Å²) in [6, 6.07) is 9.12. The largest absolute Gasteiger partial charge is 0.479 e. The molecular weight excluding hydrogens is 344 g/mol. The lowest BCUT2D eigenvalue weighted by Gasteiger charge is -2.23. The first kappa shape index (κ1) is 17.1. The van der Waals surface area contributed by atoms with Gasteiger partial charge < -0.3 is 19.8 Å². The molecule has 6 nitrogen and oxygen atoms in total. The standard InChI is InChI=1S/C21H20N2O4/c1-10-7-11(2)18-12(3)19(27-17(18)8-10)21(25)22-14-5-6-16-15(9-14)23-20(24)13(4)26-16/h5-9,13H,1-4H3,(H,22,25)(H,23,24)/t13-/m0/s1. The molecule has 0 spiro atoms. The molecule has 0 unspecified atom stereocenters. The molecule has 2 N–H and O–H groups in total. The Morgan fingerprint density at radius 1 is 1.15 bits per heavy atom. The fraction of sp³-hybridized carbons (Fsp3) is 0.238. The lowest BCUT2D eigenvalue weighted by molar-refractivity contribution is -0.122.